The summed E-state index contributed by atoms with van der Waals surface area (Å²) in [6.45, 7) is 0. The number of rotatable bonds is 0. The van der Waals surface area contributed by atoms with Crippen LogP contribution in [0.25, 0.3) is 0 Å². The Morgan fingerprint density at radius 2 is 0.600 bits per heavy atom. The van der Waals surface area contributed by atoms with Crippen molar-refractivity contribution in [2.24, 2.45) is 0 Å². The van der Waals surface area contributed by atoms with E-state index < -0.39 is 0 Å². The molecule has 0 aliphatic carbocycles. The van der Waals surface area contributed by atoms with Crippen LogP contribution in [-0.2, 0) is 0 Å². The van der Waals surface area contributed by atoms with Crippen molar-refractivity contribution >= 4 is 49.2 Å². The van der Waals surface area contributed by atoms with E-state index in [2.05, 4.69) is 23.2 Å². The maximum absolute atomic E-state index is 3.52. The van der Waals surface area contributed by atoms with Crippen LogP contribution >= 0.6 is 0 Å². The molecule has 0 unspecified atom stereocenters. The topological polar surface area (TPSA) is 60.1 Å². The Bertz CT molecular complexity index is 43.2. The van der Waals surface area contributed by atoms with E-state index in [1.54, 1.807) is 0 Å². The third kappa shape index (κ3) is 4.66. The zero-order valence-electron chi connectivity index (χ0n) is 6.04. The molecule has 60 valence electrons. The molecule has 0 aromatic carbocycles. The van der Waals surface area contributed by atoms with Crippen LogP contribution in [0, 0.1) is 0 Å². The zero-order valence-corrected chi connectivity index (χ0v) is 13.1. The maximum Gasteiger partial charge on any atom is 0.155 e. The Balaban J connectivity index is 2.00. The van der Waals surface area contributed by atoms with E-state index in [4.69, 9.17) is 0 Å². The van der Waals surface area contributed by atoms with Gasteiger partial charge in [-0.25, -0.2) is 0 Å². The highest BCUT2D eigenvalue weighted by Crippen LogP contribution is 1.47. The lowest BCUT2D eigenvalue weighted by molar-refractivity contribution is 1.28. The molecule has 0 aromatic rings. The van der Waals surface area contributed by atoms with Gasteiger partial charge < -0.3 is 23.2 Å². The van der Waals surface area contributed by atoms with E-state index in [1.165, 1.54) is 0 Å². The molecule has 1 aliphatic rings. The SMILES string of the molecule is N1[SiH2]N[SiH2]N[SiH2]N[SiH2]N[SiH2]1. The van der Waals surface area contributed by atoms with Gasteiger partial charge in [0, 0.05) is 0 Å². The minimum Gasteiger partial charge on any atom is -0.346 e. The van der Waals surface area contributed by atoms with E-state index in [1.807, 2.05) is 0 Å². The van der Waals surface area contributed by atoms with Gasteiger partial charge in [0.25, 0.3) is 0 Å². The Morgan fingerprint density at radius 3 is 0.800 bits per heavy atom. The summed E-state index contributed by atoms with van der Waals surface area (Å²) in [6, 6.07) is 0. The first-order chi connectivity index (χ1) is 5.00. The van der Waals surface area contributed by atoms with E-state index in [-0.39, 0.29) is 49.2 Å². The largest absolute Gasteiger partial charge is 0.346 e. The summed E-state index contributed by atoms with van der Waals surface area (Å²) in [5.74, 6) is 0. The molecule has 1 fully saturated rings. The fraction of sp³-hybridized carbons (Fsp3) is 0. The van der Waals surface area contributed by atoms with Crippen LogP contribution in [0.5, 0.6) is 0 Å². The Morgan fingerprint density at radius 1 is 0.400 bits per heavy atom. The van der Waals surface area contributed by atoms with Crippen LogP contribution in [0.2, 0.25) is 0 Å². The van der Waals surface area contributed by atoms with Crippen LogP contribution in [-0.4, -0.2) is 49.2 Å². The average molecular weight is 226 g/mol. The fourth-order valence-corrected chi connectivity index (χ4v) is 14.7. The van der Waals surface area contributed by atoms with Crippen molar-refractivity contribution in [3.05, 3.63) is 0 Å². The number of nitrogens with one attached hydrogen (secondary N) is 5. The van der Waals surface area contributed by atoms with Gasteiger partial charge in [-0.1, -0.05) is 0 Å². The second kappa shape index (κ2) is 6.59. The highest BCUT2D eigenvalue weighted by Gasteiger charge is 1.93. The molecular weight excluding hydrogens is 210 g/mol. The van der Waals surface area contributed by atoms with Crippen molar-refractivity contribution in [2.75, 3.05) is 0 Å². The van der Waals surface area contributed by atoms with Crippen LogP contribution in [0.15, 0.2) is 0 Å². The number of hydrogen-bond acceptors (Lipinski definition) is 5. The van der Waals surface area contributed by atoms with Crippen LogP contribution in [0.3, 0.4) is 0 Å². The quantitative estimate of drug-likeness (QED) is 0.265. The Kier molecular flexibility index (Phi) is 5.91. The highest BCUT2D eigenvalue weighted by molar-refractivity contribution is 6.65. The van der Waals surface area contributed by atoms with E-state index in [0.29, 0.717) is 0 Å². The second-order valence-electron chi connectivity index (χ2n) is 2.13. The molecule has 10 heavy (non-hydrogen) atoms. The zero-order chi connectivity index (χ0) is 7.07. The minimum atomic E-state index is -0.0710. The van der Waals surface area contributed by atoms with Gasteiger partial charge in [-0.2, -0.15) is 0 Å². The van der Waals surface area contributed by atoms with Gasteiger partial charge in [-0.05, 0) is 0 Å². The van der Waals surface area contributed by atoms with Gasteiger partial charge in [0.15, 0.2) is 49.2 Å². The first-order valence-corrected chi connectivity index (χ1v) is 10.6. The third-order valence-corrected chi connectivity index (χ3v) is 11.2. The third-order valence-electron chi connectivity index (χ3n) is 1.25. The first kappa shape index (κ1) is 8.98. The summed E-state index contributed by atoms with van der Waals surface area (Å²) in [5.41, 5.74) is 0. The van der Waals surface area contributed by atoms with Gasteiger partial charge >= 0.3 is 0 Å². The van der Waals surface area contributed by atoms with Crippen LogP contribution < -0.4 is 23.2 Å². The summed E-state index contributed by atoms with van der Waals surface area (Å²) >= 11 is 0. The van der Waals surface area contributed by atoms with Crippen LogP contribution in [0.1, 0.15) is 0 Å². The standard InChI is InChI=1S/H15N5Si5/c1-6-2-8-4-10-5-9-3-7-1/h1-5H,6-10H2. The van der Waals surface area contributed by atoms with Gasteiger partial charge in [0.2, 0.25) is 0 Å². The summed E-state index contributed by atoms with van der Waals surface area (Å²) in [6.07, 6.45) is 0. The lowest BCUT2D eigenvalue weighted by Crippen LogP contribution is -2.55. The molecule has 5 nitrogen and oxygen atoms in total. The molecule has 0 amide bonds. The van der Waals surface area contributed by atoms with Crippen LogP contribution in [0.4, 0.5) is 0 Å². The lowest BCUT2D eigenvalue weighted by atomic mass is 13.7. The minimum absolute atomic E-state index is 0.0710. The Labute approximate surface area is 72.8 Å². The molecule has 0 bridgehead atoms. The highest BCUT2D eigenvalue weighted by atomic mass is 28.4. The first-order valence-electron chi connectivity index (χ1n) is 3.54. The van der Waals surface area contributed by atoms with Crippen molar-refractivity contribution in [1.29, 1.82) is 0 Å². The molecule has 0 spiro atoms. The van der Waals surface area contributed by atoms with Crippen molar-refractivity contribution in [2.45, 2.75) is 0 Å². The summed E-state index contributed by atoms with van der Waals surface area (Å²) in [4.78, 5) is 0. The smallest absolute Gasteiger partial charge is 0.155 e. The predicted molar refractivity (Wildman–Crippen MR) is 58.4 cm³/mol. The molecule has 1 heterocycles. The molecule has 0 atom stereocenters. The van der Waals surface area contributed by atoms with E-state index >= 15 is 0 Å². The molecule has 0 saturated carbocycles. The molecule has 0 aromatic heterocycles. The average Bonchev–Trinajstić information content (AvgIpc) is 2.01. The fourth-order valence-electron chi connectivity index (χ4n) is 0.754. The summed E-state index contributed by atoms with van der Waals surface area (Å²) in [7, 11) is -0.355. The van der Waals surface area contributed by atoms with Crippen molar-refractivity contribution in [1.82, 2.24) is 23.2 Å². The van der Waals surface area contributed by atoms with Crippen molar-refractivity contribution < 1.29 is 0 Å². The monoisotopic (exact) mass is 225 g/mol. The molecule has 0 radical (unpaired) electrons. The molecule has 1 rings (SSSR count). The second-order valence-corrected chi connectivity index (χ2v) is 13.9. The van der Waals surface area contributed by atoms with Gasteiger partial charge in [-0.3, -0.25) is 0 Å². The number of hydrogen-bond donors (Lipinski definition) is 5. The Hall–Kier alpha value is 0.884. The molecule has 1 saturated heterocycles. The normalized spacial score (nSPS) is 36.0. The van der Waals surface area contributed by atoms with E-state index in [0.717, 1.165) is 0 Å². The predicted octanol–water partition coefficient (Wildman–Crippen LogP) is -7.06. The summed E-state index contributed by atoms with van der Waals surface area (Å²) < 4.78 is 17.6. The summed E-state index contributed by atoms with van der Waals surface area (Å²) in [5, 5.41) is 0. The maximum atomic E-state index is 3.52. The molecule has 10 heteroatoms. The lowest BCUT2D eigenvalue weighted by Gasteiger charge is -2.11. The van der Waals surface area contributed by atoms with E-state index in [9.17, 15) is 0 Å². The molecule has 5 N–H and O–H groups in total. The van der Waals surface area contributed by atoms with Crippen molar-refractivity contribution in [3.8, 4) is 0 Å². The van der Waals surface area contributed by atoms with Crippen molar-refractivity contribution in [3.63, 3.8) is 0 Å². The van der Waals surface area contributed by atoms with Gasteiger partial charge in [-0.15, -0.1) is 0 Å². The van der Waals surface area contributed by atoms with Gasteiger partial charge in [0.05, 0.1) is 0 Å². The molecular formula is H15N5Si5. The molecule has 1 aliphatic heterocycles. The van der Waals surface area contributed by atoms with Gasteiger partial charge in [0.1, 0.15) is 0 Å².